The molecule has 1 aliphatic rings. The quantitative estimate of drug-likeness (QED) is 0.641. The van der Waals surface area contributed by atoms with Gasteiger partial charge in [0.05, 0.1) is 0 Å². The van der Waals surface area contributed by atoms with Crippen LogP contribution in [-0.2, 0) is 0 Å². The van der Waals surface area contributed by atoms with E-state index in [0.29, 0.717) is 0 Å². The van der Waals surface area contributed by atoms with Gasteiger partial charge in [-0.25, -0.2) is 0 Å². The van der Waals surface area contributed by atoms with Crippen LogP contribution in [0.5, 0.6) is 0 Å². The Labute approximate surface area is 82.7 Å². The van der Waals surface area contributed by atoms with E-state index >= 15 is 0 Å². The summed E-state index contributed by atoms with van der Waals surface area (Å²) in [5, 5.41) is 0. The van der Waals surface area contributed by atoms with Gasteiger partial charge in [0.2, 0.25) is 0 Å². The zero-order valence-corrected chi connectivity index (χ0v) is 8.10. The Hall–Kier alpha value is -1.21. The van der Waals surface area contributed by atoms with E-state index in [9.17, 15) is 0 Å². The third kappa shape index (κ3) is 1.47. The van der Waals surface area contributed by atoms with Gasteiger partial charge in [-0.3, -0.25) is 0 Å². The van der Waals surface area contributed by atoms with Crippen molar-refractivity contribution in [3.05, 3.63) is 60.0 Å². The van der Waals surface area contributed by atoms with Gasteiger partial charge in [0.1, 0.15) is 0 Å². The Morgan fingerprint density at radius 1 is 1.23 bits per heavy atom. The second kappa shape index (κ2) is 3.27. The second-order valence-corrected chi connectivity index (χ2v) is 4.04. The van der Waals surface area contributed by atoms with E-state index in [-0.39, 0.29) is 0 Å². The van der Waals surface area contributed by atoms with Crippen molar-refractivity contribution >= 4 is 17.3 Å². The molecule has 0 aromatic heterocycles. The summed E-state index contributed by atoms with van der Waals surface area (Å²) in [6.45, 7) is 7.75. The maximum Gasteiger partial charge on any atom is 0.0200 e. The van der Waals surface area contributed by atoms with Crippen LogP contribution in [0.3, 0.4) is 0 Å². The molecular formula is C12H10S. The number of rotatable bonds is 1. The Morgan fingerprint density at radius 3 is 2.77 bits per heavy atom. The number of thioether (sulfide) groups is 1. The molecule has 0 N–H and O–H groups in total. The molecule has 0 unspecified atom stereocenters. The first kappa shape index (κ1) is 8.39. The summed E-state index contributed by atoms with van der Waals surface area (Å²) >= 11 is 1.71. The molecule has 1 aromatic rings. The fourth-order valence-electron chi connectivity index (χ4n) is 1.38. The fourth-order valence-corrected chi connectivity index (χ4v) is 2.30. The monoisotopic (exact) mass is 186 g/mol. The van der Waals surface area contributed by atoms with Gasteiger partial charge in [-0.2, -0.15) is 0 Å². The molecule has 64 valence electrons. The van der Waals surface area contributed by atoms with E-state index in [2.05, 4.69) is 31.4 Å². The summed E-state index contributed by atoms with van der Waals surface area (Å²) in [5.41, 5.74) is 2.43. The van der Waals surface area contributed by atoms with Gasteiger partial charge in [0.25, 0.3) is 0 Å². The maximum atomic E-state index is 3.95. The van der Waals surface area contributed by atoms with Gasteiger partial charge in [0.15, 0.2) is 0 Å². The molecule has 1 heteroatoms. The summed E-state index contributed by atoms with van der Waals surface area (Å²) in [6, 6.07) is 8.32. The van der Waals surface area contributed by atoms with Crippen LogP contribution in [-0.4, -0.2) is 0 Å². The van der Waals surface area contributed by atoms with E-state index in [1.807, 2.05) is 18.2 Å². The number of hydrogen-bond donors (Lipinski definition) is 0. The summed E-state index contributed by atoms with van der Waals surface area (Å²) in [7, 11) is 0. The van der Waals surface area contributed by atoms with Crippen LogP contribution < -0.4 is 0 Å². The minimum Gasteiger partial charge on any atom is -0.0984 e. The average Bonchev–Trinajstić information content (AvgIpc) is 2.16. The lowest BCUT2D eigenvalue weighted by atomic mass is 10.1. The second-order valence-electron chi connectivity index (χ2n) is 2.87. The predicted octanol–water partition coefficient (Wildman–Crippen LogP) is 3.88. The highest BCUT2D eigenvalue weighted by atomic mass is 32.2. The van der Waals surface area contributed by atoms with Crippen molar-refractivity contribution < 1.29 is 0 Å². The summed E-state index contributed by atoms with van der Waals surface area (Å²) in [6.07, 6.45) is 3.95. The van der Waals surface area contributed by atoms with Crippen LogP contribution in [0.15, 0.2) is 59.4 Å². The molecule has 0 bridgehead atoms. The molecule has 0 atom stereocenters. The first-order valence-electron chi connectivity index (χ1n) is 4.11. The first-order chi connectivity index (χ1) is 6.31. The Kier molecular flexibility index (Phi) is 2.11. The standard InChI is InChI=1S/C12H10S/c1-3-10-8-9(2)13-12-7-5-4-6-11(10)12/h3-8H,1-2H2. The molecule has 0 fully saturated rings. The molecule has 13 heavy (non-hydrogen) atoms. The molecule has 0 saturated carbocycles. The van der Waals surface area contributed by atoms with Gasteiger partial charge in [0, 0.05) is 9.80 Å². The van der Waals surface area contributed by atoms with Crippen molar-refractivity contribution in [1.82, 2.24) is 0 Å². The number of allylic oxidation sites excluding steroid dienone is 3. The van der Waals surface area contributed by atoms with Crippen LogP contribution in [0.1, 0.15) is 5.56 Å². The molecule has 0 amide bonds. The Morgan fingerprint density at radius 2 is 2.00 bits per heavy atom. The lowest BCUT2D eigenvalue weighted by Crippen LogP contribution is -1.90. The Bertz CT molecular complexity index is 399. The van der Waals surface area contributed by atoms with Gasteiger partial charge in [-0.05, 0) is 23.3 Å². The topological polar surface area (TPSA) is 0 Å². The molecule has 1 aromatic carbocycles. The third-order valence-electron chi connectivity index (χ3n) is 1.98. The molecule has 0 spiro atoms. The first-order valence-corrected chi connectivity index (χ1v) is 4.93. The molecule has 0 saturated heterocycles. The van der Waals surface area contributed by atoms with Crippen LogP contribution in [0.2, 0.25) is 0 Å². The zero-order chi connectivity index (χ0) is 9.26. The van der Waals surface area contributed by atoms with Crippen LogP contribution in [0.25, 0.3) is 5.57 Å². The number of benzene rings is 1. The minimum absolute atomic E-state index is 1.08. The minimum atomic E-state index is 1.08. The number of fused-ring (bicyclic) bond motifs is 1. The lowest BCUT2D eigenvalue weighted by molar-refractivity contribution is 1.39. The highest BCUT2D eigenvalue weighted by Gasteiger charge is 2.11. The van der Waals surface area contributed by atoms with E-state index in [1.54, 1.807) is 11.8 Å². The van der Waals surface area contributed by atoms with Crippen LogP contribution in [0.4, 0.5) is 0 Å². The third-order valence-corrected chi connectivity index (χ3v) is 2.93. The zero-order valence-electron chi connectivity index (χ0n) is 7.29. The molecule has 1 aliphatic heterocycles. The van der Waals surface area contributed by atoms with Gasteiger partial charge >= 0.3 is 0 Å². The van der Waals surface area contributed by atoms with Crippen molar-refractivity contribution in [3.63, 3.8) is 0 Å². The molecule has 0 nitrogen and oxygen atoms in total. The molecule has 2 rings (SSSR count). The van der Waals surface area contributed by atoms with E-state index in [0.717, 1.165) is 4.91 Å². The largest absolute Gasteiger partial charge is 0.0984 e. The van der Waals surface area contributed by atoms with Gasteiger partial charge < -0.3 is 0 Å². The summed E-state index contributed by atoms with van der Waals surface area (Å²) < 4.78 is 0. The van der Waals surface area contributed by atoms with Crippen LogP contribution >= 0.6 is 11.8 Å². The van der Waals surface area contributed by atoms with Crippen LogP contribution in [0, 0.1) is 0 Å². The van der Waals surface area contributed by atoms with Crippen molar-refractivity contribution in [2.24, 2.45) is 0 Å². The van der Waals surface area contributed by atoms with Crippen molar-refractivity contribution in [2.75, 3.05) is 0 Å². The van der Waals surface area contributed by atoms with Gasteiger partial charge in [-0.15, -0.1) is 0 Å². The number of hydrogen-bond acceptors (Lipinski definition) is 1. The van der Waals surface area contributed by atoms with E-state index in [1.165, 1.54) is 16.0 Å². The Balaban J connectivity index is 2.61. The van der Waals surface area contributed by atoms with Crippen molar-refractivity contribution in [1.29, 1.82) is 0 Å². The van der Waals surface area contributed by atoms with E-state index in [4.69, 9.17) is 0 Å². The molecule has 1 heterocycles. The maximum absolute atomic E-state index is 3.95. The van der Waals surface area contributed by atoms with E-state index < -0.39 is 0 Å². The normalized spacial score (nSPS) is 14.8. The summed E-state index contributed by atoms with van der Waals surface area (Å²) in [4.78, 5) is 2.35. The predicted molar refractivity (Wildman–Crippen MR) is 59.6 cm³/mol. The highest BCUT2D eigenvalue weighted by molar-refractivity contribution is 8.03. The fraction of sp³-hybridized carbons (Fsp3) is 0. The lowest BCUT2D eigenvalue weighted by Gasteiger charge is -2.15. The smallest absolute Gasteiger partial charge is 0.0200 e. The van der Waals surface area contributed by atoms with Gasteiger partial charge in [-0.1, -0.05) is 49.2 Å². The van der Waals surface area contributed by atoms with Crippen molar-refractivity contribution in [2.45, 2.75) is 4.90 Å². The highest BCUT2D eigenvalue weighted by Crippen LogP contribution is 2.39. The summed E-state index contributed by atoms with van der Waals surface area (Å²) in [5.74, 6) is 0. The molecule has 0 radical (unpaired) electrons. The SMILES string of the molecule is C=CC1=CC(=C)Sc2ccccc21. The molecular weight excluding hydrogens is 176 g/mol. The average molecular weight is 186 g/mol. The van der Waals surface area contributed by atoms with Crippen molar-refractivity contribution in [3.8, 4) is 0 Å². The molecule has 0 aliphatic carbocycles.